The molecule has 174 valence electrons. The molecule has 2 aromatic carbocycles. The molecular weight excluding hydrogens is 448 g/mol. The van der Waals surface area contributed by atoms with E-state index >= 15 is 0 Å². The van der Waals surface area contributed by atoms with Crippen molar-refractivity contribution in [3.63, 3.8) is 0 Å². The van der Waals surface area contributed by atoms with Gasteiger partial charge in [-0.1, -0.05) is 41.6 Å². The number of aryl methyl sites for hydroxylation is 3. The van der Waals surface area contributed by atoms with Gasteiger partial charge in [-0.05, 0) is 61.7 Å². The van der Waals surface area contributed by atoms with E-state index in [1.54, 1.807) is 30.0 Å². The van der Waals surface area contributed by atoms with Crippen molar-refractivity contribution in [1.29, 1.82) is 0 Å². The minimum Gasteiger partial charge on any atom is -0.497 e. The first-order chi connectivity index (χ1) is 16.4. The van der Waals surface area contributed by atoms with Crippen molar-refractivity contribution < 1.29 is 9.53 Å². The fourth-order valence-corrected chi connectivity index (χ4v) is 4.67. The number of ether oxygens (including phenoxy) is 1. The number of hydrogen-bond donors (Lipinski definition) is 1. The van der Waals surface area contributed by atoms with E-state index in [4.69, 9.17) is 4.74 Å². The van der Waals surface area contributed by atoms with Crippen molar-refractivity contribution >= 4 is 34.4 Å². The molecule has 1 N–H and O–H groups in total. The van der Waals surface area contributed by atoms with Crippen LogP contribution in [0, 0.1) is 20.8 Å². The summed E-state index contributed by atoms with van der Waals surface area (Å²) in [7, 11) is 1.61. The molecule has 8 heteroatoms. The fraction of sp³-hybridized carbons (Fsp3) is 0.231. The fourth-order valence-electron chi connectivity index (χ4n) is 3.88. The average Bonchev–Trinajstić information content (AvgIpc) is 2.82. The zero-order valence-electron chi connectivity index (χ0n) is 19.6. The van der Waals surface area contributed by atoms with Crippen LogP contribution in [0.3, 0.4) is 0 Å². The minimum atomic E-state index is -0.193. The lowest BCUT2D eigenvalue weighted by Gasteiger charge is -2.15. The molecule has 0 aliphatic rings. The topological polar surface area (TPSA) is 86.1 Å². The van der Waals surface area contributed by atoms with Gasteiger partial charge in [-0.3, -0.25) is 14.2 Å². The monoisotopic (exact) mass is 474 g/mol. The highest BCUT2D eigenvalue weighted by molar-refractivity contribution is 7.99. The second-order valence-electron chi connectivity index (χ2n) is 8.12. The zero-order valence-corrected chi connectivity index (χ0v) is 20.4. The Morgan fingerprint density at radius 3 is 2.47 bits per heavy atom. The molecule has 1 amide bonds. The summed E-state index contributed by atoms with van der Waals surface area (Å²) in [5, 5.41) is 3.89. The SMILES string of the molecule is COc1ccc(Cn2c(SCC(=O)Nc3c(C)cc(C)cc3C)nc3ncccc3c2=O)cc1. The quantitative estimate of drug-likeness (QED) is 0.313. The zero-order chi connectivity index (χ0) is 24.2. The maximum atomic E-state index is 13.3. The number of pyridine rings is 1. The molecule has 0 atom stereocenters. The molecule has 7 nitrogen and oxygen atoms in total. The van der Waals surface area contributed by atoms with Crippen LogP contribution in [0.25, 0.3) is 11.0 Å². The van der Waals surface area contributed by atoms with E-state index in [9.17, 15) is 9.59 Å². The lowest BCUT2D eigenvalue weighted by molar-refractivity contribution is -0.113. The number of hydrogen-bond acceptors (Lipinski definition) is 6. The molecule has 2 aromatic heterocycles. The Hall–Kier alpha value is -3.65. The highest BCUT2D eigenvalue weighted by atomic mass is 32.2. The third-order valence-electron chi connectivity index (χ3n) is 5.47. The van der Waals surface area contributed by atoms with E-state index in [1.165, 1.54) is 11.8 Å². The van der Waals surface area contributed by atoms with Crippen LogP contribution in [-0.2, 0) is 11.3 Å². The molecule has 4 aromatic rings. The largest absolute Gasteiger partial charge is 0.497 e. The highest BCUT2D eigenvalue weighted by Gasteiger charge is 2.15. The van der Waals surface area contributed by atoms with E-state index in [-0.39, 0.29) is 17.2 Å². The van der Waals surface area contributed by atoms with Crippen LogP contribution in [0.15, 0.2) is 64.7 Å². The summed E-state index contributed by atoms with van der Waals surface area (Å²) in [6, 6.07) is 15.0. The van der Waals surface area contributed by atoms with E-state index in [2.05, 4.69) is 15.3 Å². The Kier molecular flexibility index (Phi) is 6.98. The van der Waals surface area contributed by atoms with Gasteiger partial charge in [-0.15, -0.1) is 0 Å². The first kappa shape index (κ1) is 23.5. The van der Waals surface area contributed by atoms with Gasteiger partial charge in [0.2, 0.25) is 5.91 Å². The maximum Gasteiger partial charge on any atom is 0.263 e. The molecule has 34 heavy (non-hydrogen) atoms. The number of anilines is 1. The molecule has 0 saturated carbocycles. The molecule has 0 unspecified atom stereocenters. The first-order valence-corrected chi connectivity index (χ1v) is 11.8. The third-order valence-corrected chi connectivity index (χ3v) is 6.44. The van der Waals surface area contributed by atoms with Crippen molar-refractivity contribution in [3.05, 3.63) is 87.3 Å². The number of benzene rings is 2. The third kappa shape index (κ3) is 5.12. The lowest BCUT2D eigenvalue weighted by Crippen LogP contribution is -2.25. The molecule has 0 radical (unpaired) electrons. The van der Waals surface area contributed by atoms with Gasteiger partial charge in [0.15, 0.2) is 10.8 Å². The molecule has 0 saturated heterocycles. The van der Waals surface area contributed by atoms with Gasteiger partial charge in [0.25, 0.3) is 5.56 Å². The molecule has 4 rings (SSSR count). The van der Waals surface area contributed by atoms with E-state index < -0.39 is 0 Å². The van der Waals surface area contributed by atoms with Crippen molar-refractivity contribution in [3.8, 4) is 5.75 Å². The second-order valence-corrected chi connectivity index (χ2v) is 9.06. The molecule has 2 heterocycles. The first-order valence-electron chi connectivity index (χ1n) is 10.8. The Labute approximate surface area is 202 Å². The molecule has 0 fully saturated rings. The molecule has 0 spiro atoms. The molecular formula is C26H26N4O3S. The second kappa shape index (κ2) is 10.1. The van der Waals surface area contributed by atoms with E-state index in [0.29, 0.717) is 22.7 Å². The number of thioether (sulfide) groups is 1. The van der Waals surface area contributed by atoms with Gasteiger partial charge in [-0.25, -0.2) is 9.97 Å². The van der Waals surface area contributed by atoms with Crippen LogP contribution >= 0.6 is 11.8 Å². The lowest BCUT2D eigenvalue weighted by atomic mass is 10.1. The van der Waals surface area contributed by atoms with Crippen LogP contribution in [0.5, 0.6) is 5.75 Å². The van der Waals surface area contributed by atoms with Crippen LogP contribution < -0.4 is 15.6 Å². The van der Waals surface area contributed by atoms with Gasteiger partial charge in [0.1, 0.15) is 5.75 Å². The van der Waals surface area contributed by atoms with E-state index in [1.807, 2.05) is 57.2 Å². The number of aromatic nitrogens is 3. The van der Waals surface area contributed by atoms with Crippen LogP contribution in [0.1, 0.15) is 22.3 Å². The predicted octanol–water partition coefficient (Wildman–Crippen LogP) is 4.50. The number of carbonyl (C=O) groups is 1. The summed E-state index contributed by atoms with van der Waals surface area (Å²) in [5.41, 5.74) is 5.09. The van der Waals surface area contributed by atoms with Crippen molar-refractivity contribution in [2.75, 3.05) is 18.2 Å². The van der Waals surface area contributed by atoms with Gasteiger partial charge in [0, 0.05) is 11.9 Å². The van der Waals surface area contributed by atoms with Gasteiger partial charge >= 0.3 is 0 Å². The van der Waals surface area contributed by atoms with Gasteiger partial charge < -0.3 is 10.1 Å². The Morgan fingerprint density at radius 2 is 1.79 bits per heavy atom. The smallest absolute Gasteiger partial charge is 0.263 e. The van der Waals surface area contributed by atoms with Crippen LogP contribution in [0.2, 0.25) is 0 Å². The number of amides is 1. The Morgan fingerprint density at radius 1 is 1.09 bits per heavy atom. The molecule has 0 bridgehead atoms. The predicted molar refractivity (Wildman–Crippen MR) is 136 cm³/mol. The summed E-state index contributed by atoms with van der Waals surface area (Å²) in [6.07, 6.45) is 1.60. The summed E-state index contributed by atoms with van der Waals surface area (Å²) in [6.45, 7) is 6.31. The van der Waals surface area contributed by atoms with Gasteiger partial charge in [-0.2, -0.15) is 0 Å². The van der Waals surface area contributed by atoms with Crippen LogP contribution in [0.4, 0.5) is 5.69 Å². The molecule has 0 aliphatic carbocycles. The van der Waals surface area contributed by atoms with Gasteiger partial charge in [0.05, 0.1) is 24.8 Å². The summed E-state index contributed by atoms with van der Waals surface area (Å²) in [5.74, 6) is 0.691. The van der Waals surface area contributed by atoms with E-state index in [0.717, 1.165) is 33.7 Å². The Bertz CT molecular complexity index is 1390. The number of rotatable bonds is 7. The number of nitrogens with zero attached hydrogens (tertiary/aromatic N) is 3. The van der Waals surface area contributed by atoms with Crippen molar-refractivity contribution in [2.45, 2.75) is 32.5 Å². The summed E-state index contributed by atoms with van der Waals surface area (Å²) >= 11 is 1.22. The van der Waals surface area contributed by atoms with Crippen molar-refractivity contribution in [1.82, 2.24) is 14.5 Å². The average molecular weight is 475 g/mol. The highest BCUT2D eigenvalue weighted by Crippen LogP contribution is 2.24. The number of methoxy groups -OCH3 is 1. The van der Waals surface area contributed by atoms with Crippen LogP contribution in [-0.4, -0.2) is 33.3 Å². The maximum absolute atomic E-state index is 13.3. The number of fused-ring (bicyclic) bond motifs is 1. The number of carbonyl (C=O) groups excluding carboxylic acids is 1. The normalized spacial score (nSPS) is 10.9. The summed E-state index contributed by atoms with van der Waals surface area (Å²) < 4.78 is 6.81. The summed E-state index contributed by atoms with van der Waals surface area (Å²) in [4.78, 5) is 34.9. The minimum absolute atomic E-state index is 0.111. The Balaban J connectivity index is 1.61. The number of nitrogens with one attached hydrogen (secondary N) is 1. The standard InChI is InChI=1S/C26H26N4O3S/c1-16-12-17(2)23(18(3)13-16)28-22(31)15-34-26-29-24-21(6-5-11-27-24)25(32)30(26)14-19-7-9-20(33-4)10-8-19/h5-13H,14-15H2,1-4H3,(H,28,31). The van der Waals surface area contributed by atoms with Crippen molar-refractivity contribution in [2.24, 2.45) is 0 Å². The molecule has 0 aliphatic heterocycles.